The van der Waals surface area contributed by atoms with E-state index in [2.05, 4.69) is 39.6 Å². The summed E-state index contributed by atoms with van der Waals surface area (Å²) in [4.78, 5) is 14.6. The quantitative estimate of drug-likeness (QED) is 0.927. The molecule has 1 aliphatic heterocycles. The number of carbonyl (C=O) groups excluding carboxylic acids is 1. The van der Waals surface area contributed by atoms with Gasteiger partial charge in [0.25, 0.3) is 0 Å². The summed E-state index contributed by atoms with van der Waals surface area (Å²) in [5, 5.41) is 14.4. The molecule has 1 saturated heterocycles. The van der Waals surface area contributed by atoms with Crippen LogP contribution in [0, 0.1) is 0 Å². The minimum Gasteiger partial charge on any atom is -0.324 e. The summed E-state index contributed by atoms with van der Waals surface area (Å²) in [5.41, 5.74) is 1.29. The zero-order valence-corrected chi connectivity index (χ0v) is 13.9. The lowest BCUT2D eigenvalue weighted by molar-refractivity contribution is -0.117. The van der Waals surface area contributed by atoms with Crippen LogP contribution in [0.25, 0.3) is 5.69 Å². The molecule has 3 rings (SSSR count). The number of rotatable bonds is 4. The van der Waals surface area contributed by atoms with E-state index in [4.69, 9.17) is 11.6 Å². The van der Waals surface area contributed by atoms with Crippen LogP contribution in [0.3, 0.4) is 0 Å². The van der Waals surface area contributed by atoms with Gasteiger partial charge in [-0.05, 0) is 55.3 Å². The predicted octanol–water partition coefficient (Wildman–Crippen LogP) is 2.13. The maximum atomic E-state index is 12.4. The minimum absolute atomic E-state index is 0.0682. The molecule has 23 heavy (non-hydrogen) atoms. The number of anilines is 1. The fraction of sp³-hybridized carbons (Fsp3) is 0.467. The molecule has 0 radical (unpaired) electrons. The number of nitrogens with zero attached hydrogens (tertiary/aromatic N) is 5. The monoisotopic (exact) mass is 334 g/mol. The van der Waals surface area contributed by atoms with Gasteiger partial charge in [0.15, 0.2) is 0 Å². The molecule has 1 amide bonds. The van der Waals surface area contributed by atoms with Gasteiger partial charge < -0.3 is 5.32 Å². The van der Waals surface area contributed by atoms with E-state index in [1.54, 1.807) is 18.2 Å². The van der Waals surface area contributed by atoms with Crippen molar-refractivity contribution in [2.75, 3.05) is 11.9 Å². The topological polar surface area (TPSA) is 75.9 Å². The fourth-order valence-electron chi connectivity index (χ4n) is 2.95. The van der Waals surface area contributed by atoms with E-state index in [0.717, 1.165) is 18.5 Å². The molecule has 0 saturated carbocycles. The molecule has 1 N–H and O–H groups in total. The molecule has 1 aromatic carbocycles. The standard InChI is InChI=1S/C15H19ClN6O/c1-10-3-4-11(2)21(10)8-15(23)18-14-7-12(5-6-13(14)16)22-9-17-19-20-22/h5-7,9-11H,3-4,8H2,1-2H3,(H,18,23)/t10-,11+. The molecule has 1 fully saturated rings. The minimum atomic E-state index is -0.0682. The third kappa shape index (κ3) is 3.51. The third-order valence-corrected chi connectivity index (χ3v) is 4.63. The molecular formula is C15H19ClN6O. The Morgan fingerprint density at radius 1 is 1.35 bits per heavy atom. The molecule has 122 valence electrons. The molecule has 1 aliphatic rings. The molecule has 7 nitrogen and oxygen atoms in total. The summed E-state index contributed by atoms with van der Waals surface area (Å²) in [6.07, 6.45) is 3.75. The normalized spacial score (nSPS) is 21.5. The average molecular weight is 335 g/mol. The Hall–Kier alpha value is -1.99. The Balaban J connectivity index is 1.72. The van der Waals surface area contributed by atoms with E-state index < -0.39 is 0 Å². The van der Waals surface area contributed by atoms with Crippen molar-refractivity contribution >= 4 is 23.2 Å². The van der Waals surface area contributed by atoms with Gasteiger partial charge in [-0.2, -0.15) is 0 Å². The maximum absolute atomic E-state index is 12.4. The first-order valence-corrected chi connectivity index (χ1v) is 8.01. The highest BCUT2D eigenvalue weighted by Crippen LogP contribution is 2.26. The molecule has 0 spiro atoms. The van der Waals surface area contributed by atoms with Gasteiger partial charge in [0.1, 0.15) is 6.33 Å². The van der Waals surface area contributed by atoms with Crippen molar-refractivity contribution in [3.63, 3.8) is 0 Å². The molecule has 0 bridgehead atoms. The van der Waals surface area contributed by atoms with Gasteiger partial charge in [0, 0.05) is 12.1 Å². The summed E-state index contributed by atoms with van der Waals surface area (Å²) in [6.45, 7) is 4.68. The number of benzene rings is 1. The van der Waals surface area contributed by atoms with E-state index in [1.165, 1.54) is 11.0 Å². The maximum Gasteiger partial charge on any atom is 0.238 e. The lowest BCUT2D eigenvalue weighted by Gasteiger charge is -2.25. The number of likely N-dealkylation sites (tertiary alicyclic amines) is 1. The van der Waals surface area contributed by atoms with Crippen LogP contribution in [0.4, 0.5) is 5.69 Å². The number of carbonyl (C=O) groups is 1. The number of aromatic nitrogens is 4. The Bertz CT molecular complexity index is 679. The van der Waals surface area contributed by atoms with Crippen molar-refractivity contribution in [1.29, 1.82) is 0 Å². The van der Waals surface area contributed by atoms with Crippen molar-refractivity contribution in [2.24, 2.45) is 0 Å². The van der Waals surface area contributed by atoms with Gasteiger partial charge in [0.2, 0.25) is 5.91 Å². The second kappa shape index (κ2) is 6.64. The van der Waals surface area contributed by atoms with Crippen LogP contribution in [0.2, 0.25) is 5.02 Å². The van der Waals surface area contributed by atoms with Gasteiger partial charge in [-0.1, -0.05) is 11.6 Å². The molecule has 0 aliphatic carbocycles. The first kappa shape index (κ1) is 15.9. The zero-order chi connectivity index (χ0) is 16.4. The summed E-state index contributed by atoms with van der Waals surface area (Å²) in [7, 11) is 0. The Morgan fingerprint density at radius 3 is 2.74 bits per heavy atom. The van der Waals surface area contributed by atoms with Gasteiger partial charge in [0.05, 0.1) is 22.9 Å². The van der Waals surface area contributed by atoms with E-state index in [1.807, 2.05) is 0 Å². The number of nitrogens with one attached hydrogen (secondary N) is 1. The number of amides is 1. The largest absolute Gasteiger partial charge is 0.324 e. The molecule has 2 aromatic rings. The number of hydrogen-bond acceptors (Lipinski definition) is 5. The van der Waals surface area contributed by atoms with E-state index in [-0.39, 0.29) is 5.91 Å². The predicted molar refractivity (Wildman–Crippen MR) is 87.7 cm³/mol. The molecule has 2 heterocycles. The SMILES string of the molecule is C[C@@H]1CC[C@H](C)N1CC(=O)Nc1cc(-n2cnnn2)ccc1Cl. The molecule has 2 atom stereocenters. The van der Waals surface area contributed by atoms with Gasteiger partial charge in [-0.3, -0.25) is 9.69 Å². The molecule has 8 heteroatoms. The highest BCUT2D eigenvalue weighted by atomic mass is 35.5. The van der Waals surface area contributed by atoms with Crippen LogP contribution in [0.15, 0.2) is 24.5 Å². The molecule has 1 aromatic heterocycles. The summed E-state index contributed by atoms with van der Waals surface area (Å²) in [6, 6.07) is 6.12. The third-order valence-electron chi connectivity index (χ3n) is 4.30. The van der Waals surface area contributed by atoms with Crippen LogP contribution in [0.1, 0.15) is 26.7 Å². The summed E-state index contributed by atoms with van der Waals surface area (Å²) < 4.78 is 1.51. The number of hydrogen-bond donors (Lipinski definition) is 1. The second-order valence-corrected chi connectivity index (χ2v) is 6.32. The lowest BCUT2D eigenvalue weighted by Crippen LogP contribution is -2.39. The Labute approximate surface area is 139 Å². The van der Waals surface area contributed by atoms with Crippen LogP contribution in [-0.2, 0) is 4.79 Å². The van der Waals surface area contributed by atoms with Crippen molar-refractivity contribution in [1.82, 2.24) is 25.1 Å². The Morgan fingerprint density at radius 2 is 2.09 bits per heavy atom. The van der Waals surface area contributed by atoms with Crippen LogP contribution in [0.5, 0.6) is 0 Å². The molecule has 0 unspecified atom stereocenters. The Kier molecular flexibility index (Phi) is 4.58. The van der Waals surface area contributed by atoms with Gasteiger partial charge in [-0.15, -0.1) is 5.10 Å². The first-order valence-electron chi connectivity index (χ1n) is 7.63. The van der Waals surface area contributed by atoms with E-state index in [9.17, 15) is 4.79 Å². The fourth-order valence-corrected chi connectivity index (χ4v) is 3.11. The van der Waals surface area contributed by atoms with E-state index >= 15 is 0 Å². The van der Waals surface area contributed by atoms with Gasteiger partial charge >= 0.3 is 0 Å². The second-order valence-electron chi connectivity index (χ2n) is 5.91. The smallest absolute Gasteiger partial charge is 0.238 e. The lowest BCUT2D eigenvalue weighted by atomic mass is 10.2. The van der Waals surface area contributed by atoms with Crippen molar-refractivity contribution in [3.05, 3.63) is 29.5 Å². The number of tetrazole rings is 1. The molecular weight excluding hydrogens is 316 g/mol. The average Bonchev–Trinajstić information content (AvgIpc) is 3.15. The highest BCUT2D eigenvalue weighted by Gasteiger charge is 2.28. The number of halogens is 1. The summed E-state index contributed by atoms with van der Waals surface area (Å²) in [5.74, 6) is -0.0682. The van der Waals surface area contributed by atoms with Crippen LogP contribution in [-0.4, -0.2) is 49.6 Å². The van der Waals surface area contributed by atoms with Crippen molar-refractivity contribution < 1.29 is 4.79 Å². The summed E-state index contributed by atoms with van der Waals surface area (Å²) >= 11 is 6.19. The van der Waals surface area contributed by atoms with Gasteiger partial charge in [-0.25, -0.2) is 4.68 Å². The highest BCUT2D eigenvalue weighted by molar-refractivity contribution is 6.33. The first-order chi connectivity index (χ1) is 11.0. The van der Waals surface area contributed by atoms with Crippen molar-refractivity contribution in [2.45, 2.75) is 38.8 Å². The van der Waals surface area contributed by atoms with E-state index in [0.29, 0.717) is 29.3 Å². The van der Waals surface area contributed by atoms with Crippen LogP contribution < -0.4 is 5.32 Å². The van der Waals surface area contributed by atoms with Crippen LogP contribution >= 0.6 is 11.6 Å². The zero-order valence-electron chi connectivity index (χ0n) is 13.1. The van der Waals surface area contributed by atoms with Crippen molar-refractivity contribution in [3.8, 4) is 5.69 Å².